The van der Waals surface area contributed by atoms with E-state index >= 15 is 0 Å². The monoisotopic (exact) mass is 194 g/mol. The number of rotatable bonds is 2. The molecule has 0 spiro atoms. The Morgan fingerprint density at radius 2 is 1.87 bits per heavy atom. The minimum absolute atomic E-state index is 0.401. The molecule has 2 heteroatoms. The molecule has 0 N–H and O–H groups in total. The summed E-state index contributed by atoms with van der Waals surface area (Å²) >= 11 is 0. The number of pyridine rings is 1. The van der Waals surface area contributed by atoms with Gasteiger partial charge in [-0.2, -0.15) is 5.26 Å². The Balaban J connectivity index is 2.49. The number of benzene rings is 1. The van der Waals surface area contributed by atoms with Gasteiger partial charge in [-0.3, -0.25) is 4.98 Å². The molecule has 1 aromatic heterocycles. The van der Waals surface area contributed by atoms with E-state index < -0.39 is 0 Å². The lowest BCUT2D eigenvalue weighted by Gasteiger charge is -2.04. The van der Waals surface area contributed by atoms with Crippen LogP contribution in [0.5, 0.6) is 0 Å². The van der Waals surface area contributed by atoms with E-state index in [1.165, 1.54) is 0 Å². The Morgan fingerprint density at radius 3 is 2.60 bits per heavy atom. The Hall–Kier alpha value is -2.14. The van der Waals surface area contributed by atoms with Gasteiger partial charge in [0.15, 0.2) is 0 Å². The second-order valence-electron chi connectivity index (χ2n) is 3.21. The van der Waals surface area contributed by atoms with E-state index in [4.69, 9.17) is 5.26 Å². The maximum Gasteiger partial charge on any atom is 0.0744 e. The number of nitriles is 1. The number of aromatic nitrogens is 1. The lowest BCUT2D eigenvalue weighted by molar-refractivity contribution is 1.20. The maximum absolute atomic E-state index is 8.71. The normalized spacial score (nSPS) is 9.53. The molecule has 0 radical (unpaired) electrons. The summed E-state index contributed by atoms with van der Waals surface area (Å²) in [6.45, 7) is 0. The lowest BCUT2D eigenvalue weighted by atomic mass is 10.0. The van der Waals surface area contributed by atoms with E-state index in [9.17, 15) is 0 Å². The summed E-state index contributed by atoms with van der Waals surface area (Å²) in [5, 5.41) is 8.71. The molecule has 0 saturated carbocycles. The molecule has 0 aliphatic carbocycles. The van der Waals surface area contributed by atoms with Gasteiger partial charge in [-0.1, -0.05) is 36.4 Å². The minimum Gasteiger partial charge on any atom is -0.256 e. The highest BCUT2D eigenvalue weighted by atomic mass is 14.7. The van der Waals surface area contributed by atoms with Gasteiger partial charge in [0.1, 0.15) is 0 Å². The summed E-state index contributed by atoms with van der Waals surface area (Å²) in [6.07, 6.45) is 2.15. The fourth-order valence-electron chi connectivity index (χ4n) is 1.52. The molecule has 1 heterocycles. The predicted octanol–water partition coefficient (Wildman–Crippen LogP) is 2.81. The minimum atomic E-state index is 0.401. The average molecular weight is 194 g/mol. The van der Waals surface area contributed by atoms with Gasteiger partial charge in [-0.05, 0) is 11.6 Å². The van der Waals surface area contributed by atoms with Crippen molar-refractivity contribution in [2.24, 2.45) is 0 Å². The van der Waals surface area contributed by atoms with Crippen molar-refractivity contribution in [3.8, 4) is 17.3 Å². The molecule has 0 saturated heterocycles. The van der Waals surface area contributed by atoms with Crippen LogP contribution in [0.15, 0.2) is 48.7 Å². The van der Waals surface area contributed by atoms with Gasteiger partial charge < -0.3 is 0 Å². The van der Waals surface area contributed by atoms with Crippen LogP contribution in [0, 0.1) is 11.3 Å². The molecule has 0 aliphatic rings. The second kappa shape index (κ2) is 4.39. The third kappa shape index (κ3) is 2.03. The number of hydrogen-bond donors (Lipinski definition) is 0. The molecule has 2 rings (SSSR count). The van der Waals surface area contributed by atoms with Crippen molar-refractivity contribution in [1.82, 2.24) is 4.98 Å². The lowest BCUT2D eigenvalue weighted by Crippen LogP contribution is -1.91. The van der Waals surface area contributed by atoms with Gasteiger partial charge in [0.25, 0.3) is 0 Å². The molecule has 1 aromatic carbocycles. The predicted molar refractivity (Wildman–Crippen MR) is 59.0 cm³/mol. The fraction of sp³-hybridized carbons (Fsp3) is 0.0769. The molecule has 0 unspecified atom stereocenters. The Labute approximate surface area is 88.8 Å². The van der Waals surface area contributed by atoms with Crippen LogP contribution in [0.4, 0.5) is 0 Å². The van der Waals surface area contributed by atoms with Crippen molar-refractivity contribution in [1.29, 1.82) is 5.26 Å². The topological polar surface area (TPSA) is 36.7 Å². The molecule has 15 heavy (non-hydrogen) atoms. The van der Waals surface area contributed by atoms with E-state index in [0.29, 0.717) is 6.42 Å². The molecule has 0 fully saturated rings. The number of hydrogen-bond acceptors (Lipinski definition) is 2. The standard InChI is InChI=1S/C13H10N2/c14-9-8-12-7-4-10-15-13(12)11-5-2-1-3-6-11/h1-7,10H,8H2. The summed E-state index contributed by atoms with van der Waals surface area (Å²) in [5.74, 6) is 0. The van der Waals surface area contributed by atoms with E-state index in [-0.39, 0.29) is 0 Å². The zero-order valence-electron chi connectivity index (χ0n) is 8.22. The molecular formula is C13H10N2. The zero-order valence-corrected chi connectivity index (χ0v) is 8.22. The van der Waals surface area contributed by atoms with E-state index in [2.05, 4.69) is 11.1 Å². The van der Waals surface area contributed by atoms with Crippen LogP contribution in [-0.2, 0) is 6.42 Å². The Kier molecular flexibility index (Phi) is 2.75. The zero-order chi connectivity index (χ0) is 10.5. The Bertz CT molecular complexity index is 483. The van der Waals surface area contributed by atoms with Crippen LogP contribution >= 0.6 is 0 Å². The summed E-state index contributed by atoms with van der Waals surface area (Å²) in [4.78, 5) is 4.32. The Morgan fingerprint density at radius 1 is 1.07 bits per heavy atom. The highest BCUT2D eigenvalue weighted by Gasteiger charge is 2.04. The van der Waals surface area contributed by atoms with Gasteiger partial charge in [-0.25, -0.2) is 0 Å². The van der Waals surface area contributed by atoms with Gasteiger partial charge in [0.05, 0.1) is 18.2 Å². The third-order valence-electron chi connectivity index (χ3n) is 2.21. The van der Waals surface area contributed by atoms with Gasteiger partial charge in [0, 0.05) is 11.8 Å². The summed E-state index contributed by atoms with van der Waals surface area (Å²) in [5.41, 5.74) is 2.94. The molecule has 0 amide bonds. The quantitative estimate of drug-likeness (QED) is 0.737. The second-order valence-corrected chi connectivity index (χ2v) is 3.21. The van der Waals surface area contributed by atoms with Crippen molar-refractivity contribution < 1.29 is 0 Å². The molecular weight excluding hydrogens is 184 g/mol. The van der Waals surface area contributed by atoms with E-state index in [0.717, 1.165) is 16.8 Å². The van der Waals surface area contributed by atoms with Crippen molar-refractivity contribution in [2.75, 3.05) is 0 Å². The van der Waals surface area contributed by atoms with Crippen LogP contribution in [-0.4, -0.2) is 4.98 Å². The maximum atomic E-state index is 8.71. The van der Waals surface area contributed by atoms with Crippen LogP contribution in [0.1, 0.15) is 5.56 Å². The first-order valence-corrected chi connectivity index (χ1v) is 4.78. The molecule has 0 atom stereocenters. The van der Waals surface area contributed by atoms with E-state index in [1.54, 1.807) is 6.20 Å². The van der Waals surface area contributed by atoms with Crippen LogP contribution in [0.3, 0.4) is 0 Å². The summed E-state index contributed by atoms with van der Waals surface area (Å²) in [7, 11) is 0. The van der Waals surface area contributed by atoms with Crippen molar-refractivity contribution in [3.63, 3.8) is 0 Å². The van der Waals surface area contributed by atoms with Gasteiger partial charge in [0.2, 0.25) is 0 Å². The summed E-state index contributed by atoms with van der Waals surface area (Å²) in [6, 6.07) is 15.9. The highest BCUT2D eigenvalue weighted by Crippen LogP contribution is 2.20. The van der Waals surface area contributed by atoms with Crippen LogP contribution < -0.4 is 0 Å². The van der Waals surface area contributed by atoms with Crippen LogP contribution in [0.2, 0.25) is 0 Å². The van der Waals surface area contributed by atoms with Gasteiger partial charge >= 0.3 is 0 Å². The van der Waals surface area contributed by atoms with E-state index in [1.807, 2.05) is 42.5 Å². The first kappa shape index (κ1) is 9.42. The molecule has 0 aliphatic heterocycles. The third-order valence-corrected chi connectivity index (χ3v) is 2.21. The summed E-state index contributed by atoms with van der Waals surface area (Å²) < 4.78 is 0. The van der Waals surface area contributed by atoms with Gasteiger partial charge in [-0.15, -0.1) is 0 Å². The largest absolute Gasteiger partial charge is 0.256 e. The number of nitrogens with zero attached hydrogens (tertiary/aromatic N) is 2. The van der Waals surface area contributed by atoms with Crippen molar-refractivity contribution in [2.45, 2.75) is 6.42 Å². The first-order valence-electron chi connectivity index (χ1n) is 4.78. The van der Waals surface area contributed by atoms with Crippen molar-refractivity contribution in [3.05, 3.63) is 54.2 Å². The SMILES string of the molecule is N#CCc1cccnc1-c1ccccc1. The first-order chi connectivity index (χ1) is 7.42. The highest BCUT2D eigenvalue weighted by molar-refractivity contribution is 5.63. The smallest absolute Gasteiger partial charge is 0.0744 e. The fourth-order valence-corrected chi connectivity index (χ4v) is 1.52. The molecule has 2 nitrogen and oxygen atoms in total. The molecule has 72 valence electrons. The van der Waals surface area contributed by atoms with Crippen LogP contribution in [0.25, 0.3) is 11.3 Å². The average Bonchev–Trinajstić information content (AvgIpc) is 2.31. The molecule has 2 aromatic rings. The van der Waals surface area contributed by atoms with Crippen molar-refractivity contribution >= 4 is 0 Å². The molecule has 0 bridgehead atoms.